The first-order valence-electron chi connectivity index (χ1n) is 11.7. The summed E-state index contributed by atoms with van der Waals surface area (Å²) >= 11 is 0. The number of amides is 3. The lowest BCUT2D eigenvalue weighted by molar-refractivity contribution is -0.140. The number of aliphatic hydroxyl groups excluding tert-OH is 1. The van der Waals surface area contributed by atoms with Crippen LogP contribution in [0.3, 0.4) is 0 Å². The van der Waals surface area contributed by atoms with Crippen LogP contribution in [0, 0.1) is 23.7 Å². The summed E-state index contributed by atoms with van der Waals surface area (Å²) in [5, 5.41) is 14.8. The maximum atomic E-state index is 13.6. The van der Waals surface area contributed by atoms with Crippen molar-refractivity contribution in [3.8, 4) is 5.75 Å². The first-order chi connectivity index (χ1) is 16.0. The lowest BCUT2D eigenvalue weighted by Crippen LogP contribution is -2.45. The molecule has 3 N–H and O–H groups in total. The van der Waals surface area contributed by atoms with Crippen molar-refractivity contribution in [3.63, 3.8) is 0 Å². The third-order valence-corrected chi connectivity index (χ3v) is 6.82. The number of hydrogen-bond donors (Lipinski definition) is 3. The van der Waals surface area contributed by atoms with Gasteiger partial charge < -0.3 is 25.4 Å². The molecule has 0 radical (unpaired) electrons. The molecular formula is C25H35N3O5. The molecule has 180 valence electrons. The van der Waals surface area contributed by atoms with E-state index >= 15 is 0 Å². The monoisotopic (exact) mass is 457 g/mol. The maximum Gasteiger partial charge on any atom is 0.247 e. The summed E-state index contributed by atoms with van der Waals surface area (Å²) in [4.78, 5) is 41.5. The first kappa shape index (κ1) is 24.8. The molecule has 3 rings (SSSR count). The van der Waals surface area contributed by atoms with E-state index in [1.807, 2.05) is 19.1 Å². The molecule has 1 fully saturated rings. The molecule has 2 aliphatic rings. The highest BCUT2D eigenvalue weighted by molar-refractivity contribution is 6.01. The lowest BCUT2D eigenvalue weighted by Gasteiger charge is -2.33. The number of aliphatic hydroxyl groups is 1. The van der Waals surface area contributed by atoms with Gasteiger partial charge >= 0.3 is 0 Å². The molecule has 3 amide bonds. The standard InChI is InChI=1S/C25H35N3O5/c1-4-16-8-13-19-21(20(16)23(30)26-2)25(32)28(14-6-5-7-15-29)22(19)24(31)27-17-9-11-18(33-3)12-10-17/h8-13,16,19-22,29H,4-7,14-15H2,1-3H3,(H,26,30)(H,27,31)/t16-,19+,20-,21-,22+/m1/s1. The topological polar surface area (TPSA) is 108 Å². The fourth-order valence-corrected chi connectivity index (χ4v) is 5.11. The molecule has 33 heavy (non-hydrogen) atoms. The number of unbranched alkanes of at least 4 members (excludes halogenated alkanes) is 2. The molecule has 0 unspecified atom stereocenters. The number of likely N-dealkylation sites (tertiary alicyclic amines) is 1. The van der Waals surface area contributed by atoms with Crippen LogP contribution in [-0.4, -0.2) is 61.1 Å². The number of rotatable bonds is 10. The fraction of sp³-hybridized carbons (Fsp3) is 0.560. The molecule has 1 aromatic carbocycles. The van der Waals surface area contributed by atoms with Crippen molar-refractivity contribution < 1.29 is 24.2 Å². The van der Waals surface area contributed by atoms with Crippen molar-refractivity contribution in [2.75, 3.05) is 32.6 Å². The molecule has 1 aromatic rings. The van der Waals surface area contributed by atoms with Crippen LogP contribution >= 0.6 is 0 Å². The van der Waals surface area contributed by atoms with E-state index in [9.17, 15) is 14.4 Å². The smallest absolute Gasteiger partial charge is 0.247 e. The van der Waals surface area contributed by atoms with E-state index in [4.69, 9.17) is 9.84 Å². The Morgan fingerprint density at radius 2 is 1.82 bits per heavy atom. The molecule has 1 saturated heterocycles. The third-order valence-electron chi connectivity index (χ3n) is 6.82. The van der Waals surface area contributed by atoms with Crippen molar-refractivity contribution in [3.05, 3.63) is 36.4 Å². The van der Waals surface area contributed by atoms with Gasteiger partial charge in [-0.3, -0.25) is 14.4 Å². The summed E-state index contributed by atoms with van der Waals surface area (Å²) in [7, 11) is 3.16. The molecule has 8 nitrogen and oxygen atoms in total. The van der Waals surface area contributed by atoms with Crippen LogP contribution in [0.25, 0.3) is 0 Å². The highest BCUT2D eigenvalue weighted by atomic mass is 16.5. The number of ether oxygens (including phenoxy) is 1. The molecule has 1 aliphatic carbocycles. The number of fused-ring (bicyclic) bond motifs is 1. The zero-order valence-corrected chi connectivity index (χ0v) is 19.6. The summed E-state index contributed by atoms with van der Waals surface area (Å²) in [5.41, 5.74) is 0.617. The van der Waals surface area contributed by atoms with Gasteiger partial charge in [-0.25, -0.2) is 0 Å². The Labute approximate surface area is 195 Å². The van der Waals surface area contributed by atoms with Crippen molar-refractivity contribution in [2.45, 2.75) is 38.6 Å². The average Bonchev–Trinajstić information content (AvgIpc) is 3.12. The van der Waals surface area contributed by atoms with Crippen LogP contribution in [0.2, 0.25) is 0 Å². The second-order valence-corrected chi connectivity index (χ2v) is 8.68. The normalized spacial score (nSPS) is 26.1. The molecule has 1 heterocycles. The minimum absolute atomic E-state index is 0.0465. The van der Waals surface area contributed by atoms with Gasteiger partial charge in [0, 0.05) is 31.8 Å². The van der Waals surface area contributed by atoms with Crippen LogP contribution in [0.1, 0.15) is 32.6 Å². The van der Waals surface area contributed by atoms with Crippen LogP contribution in [-0.2, 0) is 14.4 Å². The number of benzene rings is 1. The number of nitrogens with zero attached hydrogens (tertiary/aromatic N) is 1. The van der Waals surface area contributed by atoms with Crippen LogP contribution < -0.4 is 15.4 Å². The fourth-order valence-electron chi connectivity index (χ4n) is 5.11. The van der Waals surface area contributed by atoms with Crippen LogP contribution in [0.5, 0.6) is 5.75 Å². The zero-order chi connectivity index (χ0) is 24.0. The summed E-state index contributed by atoms with van der Waals surface area (Å²) in [6.07, 6.45) is 6.79. The van der Waals surface area contributed by atoms with Gasteiger partial charge in [0.15, 0.2) is 0 Å². The van der Waals surface area contributed by atoms with E-state index < -0.39 is 17.9 Å². The summed E-state index contributed by atoms with van der Waals surface area (Å²) in [5.74, 6) is -1.37. The zero-order valence-electron chi connectivity index (χ0n) is 19.6. The third kappa shape index (κ3) is 5.21. The highest BCUT2D eigenvalue weighted by Crippen LogP contribution is 2.45. The number of anilines is 1. The average molecular weight is 458 g/mol. The molecule has 0 spiro atoms. The quantitative estimate of drug-likeness (QED) is 0.369. The predicted octanol–water partition coefficient (Wildman–Crippen LogP) is 2.20. The van der Waals surface area contributed by atoms with Crippen molar-refractivity contribution >= 4 is 23.4 Å². The van der Waals surface area contributed by atoms with E-state index in [0.29, 0.717) is 30.8 Å². The SMILES string of the molecule is CC[C@@H]1C=C[C@H]2[C@@H](C(=O)N(CCCCCO)[C@@H]2C(=O)Nc2ccc(OC)cc2)[C@@H]1C(=O)NC. The number of carbonyl (C=O) groups excluding carboxylic acids is 3. The Bertz CT molecular complexity index is 869. The lowest BCUT2D eigenvalue weighted by atomic mass is 9.69. The Morgan fingerprint density at radius 3 is 2.42 bits per heavy atom. The molecule has 0 saturated carbocycles. The second kappa shape index (κ2) is 11.3. The Kier molecular flexibility index (Phi) is 8.49. The van der Waals surface area contributed by atoms with E-state index in [2.05, 4.69) is 10.6 Å². The van der Waals surface area contributed by atoms with Crippen molar-refractivity contribution in [2.24, 2.45) is 23.7 Å². The van der Waals surface area contributed by atoms with Crippen molar-refractivity contribution in [1.29, 1.82) is 0 Å². The number of hydrogen-bond acceptors (Lipinski definition) is 5. The number of methoxy groups -OCH3 is 1. The largest absolute Gasteiger partial charge is 0.497 e. The van der Waals surface area contributed by atoms with Gasteiger partial charge in [-0.05, 0) is 55.9 Å². The van der Waals surface area contributed by atoms with Gasteiger partial charge in [-0.2, -0.15) is 0 Å². The molecule has 5 atom stereocenters. The molecule has 8 heteroatoms. The molecular weight excluding hydrogens is 422 g/mol. The minimum atomic E-state index is -0.694. The van der Waals surface area contributed by atoms with Gasteiger partial charge in [0.25, 0.3) is 0 Å². The maximum absolute atomic E-state index is 13.6. The van der Waals surface area contributed by atoms with Gasteiger partial charge in [-0.1, -0.05) is 19.1 Å². The second-order valence-electron chi connectivity index (χ2n) is 8.68. The number of nitrogens with one attached hydrogen (secondary N) is 2. The number of allylic oxidation sites excluding steroid dienone is 1. The summed E-state index contributed by atoms with van der Waals surface area (Å²) < 4.78 is 5.17. The van der Waals surface area contributed by atoms with Crippen LogP contribution in [0.15, 0.2) is 36.4 Å². The van der Waals surface area contributed by atoms with Crippen LogP contribution in [0.4, 0.5) is 5.69 Å². The van der Waals surface area contributed by atoms with Gasteiger partial charge in [0.1, 0.15) is 11.8 Å². The minimum Gasteiger partial charge on any atom is -0.497 e. The van der Waals surface area contributed by atoms with E-state index in [0.717, 1.165) is 12.8 Å². The Hall–Kier alpha value is -2.87. The van der Waals surface area contributed by atoms with Gasteiger partial charge in [-0.15, -0.1) is 0 Å². The highest BCUT2D eigenvalue weighted by Gasteiger charge is 2.56. The summed E-state index contributed by atoms with van der Waals surface area (Å²) in [6, 6.07) is 6.35. The summed E-state index contributed by atoms with van der Waals surface area (Å²) in [6.45, 7) is 2.52. The van der Waals surface area contributed by atoms with Crippen molar-refractivity contribution in [1.82, 2.24) is 10.2 Å². The number of carbonyl (C=O) groups is 3. The Morgan fingerprint density at radius 1 is 1.09 bits per heavy atom. The Balaban J connectivity index is 1.90. The molecule has 0 bridgehead atoms. The molecule has 1 aliphatic heterocycles. The predicted molar refractivity (Wildman–Crippen MR) is 126 cm³/mol. The first-order valence-corrected chi connectivity index (χ1v) is 11.7. The van der Waals surface area contributed by atoms with Gasteiger partial charge in [0.2, 0.25) is 17.7 Å². The van der Waals surface area contributed by atoms with E-state index in [1.165, 1.54) is 0 Å². The van der Waals surface area contributed by atoms with E-state index in [1.54, 1.807) is 43.3 Å². The van der Waals surface area contributed by atoms with Gasteiger partial charge in [0.05, 0.1) is 18.9 Å². The molecule has 0 aromatic heterocycles. The van der Waals surface area contributed by atoms with E-state index in [-0.39, 0.29) is 36.2 Å².